The first-order valence-corrected chi connectivity index (χ1v) is 9.19. The fourth-order valence-corrected chi connectivity index (χ4v) is 2.81. The molecule has 26 heavy (non-hydrogen) atoms. The molecule has 1 aliphatic heterocycles. The summed E-state index contributed by atoms with van der Waals surface area (Å²) in [4.78, 5) is 20.9. The number of nitrogens with zero attached hydrogens (tertiary/aromatic N) is 2. The van der Waals surface area contributed by atoms with Gasteiger partial charge < -0.3 is 10.6 Å². The predicted octanol–water partition coefficient (Wildman–Crippen LogP) is 1.72. The Morgan fingerprint density at radius 3 is 2.77 bits per heavy atom. The molecule has 5 nitrogen and oxygen atoms in total. The van der Waals surface area contributed by atoms with Crippen molar-refractivity contribution < 1.29 is 4.79 Å². The van der Waals surface area contributed by atoms with Gasteiger partial charge in [0.2, 0.25) is 0 Å². The van der Waals surface area contributed by atoms with Crippen LogP contribution in [-0.2, 0) is 11.2 Å². The molecule has 2 rings (SSSR count). The molecule has 0 aliphatic carbocycles. The van der Waals surface area contributed by atoms with Gasteiger partial charge in [-0.05, 0) is 18.4 Å². The first-order valence-electron chi connectivity index (χ1n) is 9.19. The van der Waals surface area contributed by atoms with E-state index in [9.17, 15) is 4.79 Å². The third kappa shape index (κ3) is 6.54. The number of rotatable bonds is 10. The highest BCUT2D eigenvalue weighted by Gasteiger charge is 2.20. The molecule has 0 spiro atoms. The number of hydrogen-bond acceptors (Lipinski definition) is 4. The Bertz CT molecular complexity index is 661. The zero-order chi connectivity index (χ0) is 18.8. The molecule has 2 N–H and O–H groups in total. The average molecular weight is 349 g/mol. The molecule has 0 saturated heterocycles. The summed E-state index contributed by atoms with van der Waals surface area (Å²) in [6.07, 6.45) is 4.10. The SMILES string of the molecule is C=C(NCB(C)C[B]C)C(Cc1ccccc1)NC(=O)C1=NCCN=C1. The van der Waals surface area contributed by atoms with Crippen LogP contribution in [0.15, 0.2) is 52.6 Å². The van der Waals surface area contributed by atoms with E-state index in [4.69, 9.17) is 0 Å². The molecule has 0 fully saturated rings. The van der Waals surface area contributed by atoms with Crippen LogP contribution in [0, 0.1) is 0 Å². The van der Waals surface area contributed by atoms with Gasteiger partial charge in [-0.3, -0.25) is 14.8 Å². The van der Waals surface area contributed by atoms with Crippen molar-refractivity contribution in [1.82, 2.24) is 10.6 Å². The van der Waals surface area contributed by atoms with Gasteiger partial charge in [-0.2, -0.15) is 0 Å². The van der Waals surface area contributed by atoms with E-state index in [1.807, 2.05) is 18.2 Å². The second kappa shape index (κ2) is 10.6. The van der Waals surface area contributed by atoms with Gasteiger partial charge in [-0.15, -0.1) is 0 Å². The van der Waals surface area contributed by atoms with Crippen molar-refractivity contribution in [2.45, 2.75) is 32.3 Å². The van der Waals surface area contributed by atoms with Crippen molar-refractivity contribution in [3.05, 3.63) is 48.2 Å². The van der Waals surface area contributed by atoms with Crippen molar-refractivity contribution in [3.8, 4) is 0 Å². The zero-order valence-electron chi connectivity index (χ0n) is 15.7. The molecule has 1 aromatic rings. The molecule has 1 atom stereocenters. The summed E-state index contributed by atoms with van der Waals surface area (Å²) < 4.78 is 0. The summed E-state index contributed by atoms with van der Waals surface area (Å²) in [6, 6.07) is 9.89. The highest BCUT2D eigenvalue weighted by Crippen LogP contribution is 2.08. The normalized spacial score (nSPS) is 14.2. The van der Waals surface area contributed by atoms with Gasteiger partial charge in [0.25, 0.3) is 5.91 Å². The number of amides is 1. The van der Waals surface area contributed by atoms with Crippen LogP contribution in [0.4, 0.5) is 0 Å². The van der Waals surface area contributed by atoms with Crippen LogP contribution in [0.1, 0.15) is 5.56 Å². The quantitative estimate of drug-likeness (QED) is 0.632. The Kier molecular flexibility index (Phi) is 8.19. The van der Waals surface area contributed by atoms with Crippen LogP contribution >= 0.6 is 0 Å². The maximum Gasteiger partial charge on any atom is 0.271 e. The van der Waals surface area contributed by atoms with Crippen LogP contribution < -0.4 is 10.6 Å². The Hall–Kier alpha value is -2.30. The minimum atomic E-state index is -0.208. The second-order valence-electron chi connectivity index (χ2n) is 6.67. The lowest BCUT2D eigenvalue weighted by atomic mass is 9.40. The van der Waals surface area contributed by atoms with Crippen molar-refractivity contribution in [1.29, 1.82) is 0 Å². The van der Waals surface area contributed by atoms with Crippen molar-refractivity contribution in [2.75, 3.05) is 19.5 Å². The molecular formula is C19H27B2N4O. The molecule has 1 aliphatic rings. The summed E-state index contributed by atoms with van der Waals surface area (Å²) in [7, 11) is 2.17. The lowest BCUT2D eigenvalue weighted by molar-refractivity contribution is -0.115. The Morgan fingerprint density at radius 1 is 1.35 bits per heavy atom. The van der Waals surface area contributed by atoms with Gasteiger partial charge in [-0.1, -0.05) is 56.8 Å². The van der Waals surface area contributed by atoms with Gasteiger partial charge in [0.1, 0.15) is 5.71 Å². The van der Waals surface area contributed by atoms with E-state index in [-0.39, 0.29) is 11.9 Å². The molecule has 1 heterocycles. The van der Waals surface area contributed by atoms with Crippen LogP contribution in [0.5, 0.6) is 0 Å². The Labute approximate surface area is 157 Å². The van der Waals surface area contributed by atoms with E-state index in [1.54, 1.807) is 6.21 Å². The molecule has 1 unspecified atom stereocenters. The highest BCUT2D eigenvalue weighted by atomic mass is 16.2. The number of hydrogen-bond donors (Lipinski definition) is 2. The smallest absolute Gasteiger partial charge is 0.271 e. The first kappa shape index (κ1) is 20.0. The van der Waals surface area contributed by atoms with Crippen molar-refractivity contribution >= 4 is 31.8 Å². The highest BCUT2D eigenvalue weighted by molar-refractivity contribution is 6.68. The Morgan fingerprint density at radius 2 is 2.12 bits per heavy atom. The fourth-order valence-electron chi connectivity index (χ4n) is 2.81. The van der Waals surface area contributed by atoms with E-state index >= 15 is 0 Å². The van der Waals surface area contributed by atoms with Gasteiger partial charge in [0.15, 0.2) is 6.71 Å². The van der Waals surface area contributed by atoms with Crippen LogP contribution in [0.25, 0.3) is 0 Å². The summed E-state index contributed by atoms with van der Waals surface area (Å²) in [5, 5.41) is 6.45. The predicted molar refractivity (Wildman–Crippen MR) is 113 cm³/mol. The summed E-state index contributed by atoms with van der Waals surface area (Å²) in [6.45, 7) is 10.1. The Balaban J connectivity index is 2.03. The number of nitrogens with one attached hydrogen (secondary N) is 2. The molecule has 135 valence electrons. The average Bonchev–Trinajstić information content (AvgIpc) is 2.67. The van der Waals surface area contributed by atoms with Crippen LogP contribution in [-0.4, -0.2) is 57.4 Å². The summed E-state index contributed by atoms with van der Waals surface area (Å²) in [5.74, 6) is -0.202. The third-order valence-corrected chi connectivity index (χ3v) is 4.28. The number of aliphatic imine (C=N–C) groups is 2. The molecule has 1 radical (unpaired) electrons. The number of carbonyl (C=O) groups excluding carboxylic acids is 1. The second-order valence-corrected chi connectivity index (χ2v) is 6.67. The molecule has 1 aromatic carbocycles. The van der Waals surface area contributed by atoms with E-state index in [0.29, 0.717) is 31.9 Å². The summed E-state index contributed by atoms with van der Waals surface area (Å²) in [5.41, 5.74) is 2.35. The van der Waals surface area contributed by atoms with Crippen molar-refractivity contribution in [2.24, 2.45) is 9.98 Å². The van der Waals surface area contributed by atoms with Gasteiger partial charge >= 0.3 is 0 Å². The number of carbonyl (C=O) groups is 1. The standard InChI is InChI=1S/C19H27B2N4O/c1-15(24-14-21(3)13-20-2)17(11-16-7-5-4-6-8-16)25-19(26)18-12-22-9-10-23-18/h4-8,12,17,24H,1,9-11,13-14H2,2-3H3,(H,25,26). The minimum Gasteiger partial charge on any atom is -0.395 e. The first-order chi connectivity index (χ1) is 12.6. The van der Waals surface area contributed by atoms with Gasteiger partial charge in [0, 0.05) is 5.70 Å². The van der Waals surface area contributed by atoms with Gasteiger partial charge in [0.05, 0.1) is 32.6 Å². The number of benzene rings is 1. The molecule has 1 amide bonds. The van der Waals surface area contributed by atoms with Crippen LogP contribution in [0.2, 0.25) is 19.9 Å². The van der Waals surface area contributed by atoms with Gasteiger partial charge in [-0.25, -0.2) is 0 Å². The minimum absolute atomic E-state index is 0.202. The monoisotopic (exact) mass is 349 g/mol. The maximum absolute atomic E-state index is 12.5. The lowest BCUT2D eigenvalue weighted by Crippen LogP contribution is -2.46. The van der Waals surface area contributed by atoms with E-state index in [1.165, 1.54) is 0 Å². The third-order valence-electron chi connectivity index (χ3n) is 4.28. The molecule has 0 saturated carbocycles. The fraction of sp³-hybridized carbons (Fsp3) is 0.421. The largest absolute Gasteiger partial charge is 0.395 e. The molecule has 0 bridgehead atoms. The molecule has 0 aromatic heterocycles. The maximum atomic E-state index is 12.5. The van der Waals surface area contributed by atoms with E-state index < -0.39 is 0 Å². The van der Waals surface area contributed by atoms with E-state index in [0.717, 1.165) is 23.9 Å². The van der Waals surface area contributed by atoms with Crippen molar-refractivity contribution in [3.63, 3.8) is 0 Å². The zero-order valence-corrected chi connectivity index (χ0v) is 15.7. The lowest BCUT2D eigenvalue weighted by Gasteiger charge is -2.24. The topological polar surface area (TPSA) is 65.8 Å². The summed E-state index contributed by atoms with van der Waals surface area (Å²) >= 11 is 0. The molecule has 7 heteroatoms. The van der Waals surface area contributed by atoms with Crippen LogP contribution in [0.3, 0.4) is 0 Å². The molecular weight excluding hydrogens is 322 g/mol. The van der Waals surface area contributed by atoms with E-state index in [2.05, 4.69) is 60.3 Å².